The number of hydrogen-bond donors (Lipinski definition) is 0. The summed E-state index contributed by atoms with van der Waals surface area (Å²) in [6.07, 6.45) is 8.67. The minimum absolute atomic E-state index is 0.266. The Morgan fingerprint density at radius 3 is 2.72 bits per heavy atom. The summed E-state index contributed by atoms with van der Waals surface area (Å²) in [6, 6.07) is 8.40. The Morgan fingerprint density at radius 1 is 1.24 bits per heavy atom. The van der Waals surface area contributed by atoms with Crippen molar-refractivity contribution in [1.82, 2.24) is 14.7 Å². The zero-order chi connectivity index (χ0) is 17.6. The van der Waals surface area contributed by atoms with Gasteiger partial charge in [0.15, 0.2) is 0 Å². The molecule has 1 fully saturated rings. The molecule has 1 unspecified atom stereocenters. The van der Waals surface area contributed by atoms with Crippen molar-refractivity contribution in [2.24, 2.45) is 7.05 Å². The van der Waals surface area contributed by atoms with Crippen molar-refractivity contribution in [2.45, 2.75) is 45.1 Å². The van der Waals surface area contributed by atoms with Gasteiger partial charge >= 0.3 is 0 Å². The smallest absolute Gasteiger partial charge is 0.222 e. The Kier molecular flexibility index (Phi) is 5.74. The fraction of sp³-hybridized carbons (Fsp3) is 0.500. The third kappa shape index (κ3) is 4.62. The molecule has 0 aliphatic carbocycles. The molecule has 1 aliphatic rings. The quantitative estimate of drug-likeness (QED) is 0.754. The average Bonchev–Trinajstić information content (AvgIpc) is 3.06. The first-order valence-corrected chi connectivity index (χ1v) is 9.15. The van der Waals surface area contributed by atoms with Crippen LogP contribution in [0.2, 0.25) is 0 Å². The molecule has 0 spiro atoms. The number of likely N-dealkylation sites (tertiary alicyclic amines) is 1. The summed E-state index contributed by atoms with van der Waals surface area (Å²) < 4.78 is 7.57. The molecule has 5 heteroatoms. The summed E-state index contributed by atoms with van der Waals surface area (Å²) >= 11 is 0. The van der Waals surface area contributed by atoms with Crippen LogP contribution in [-0.2, 0) is 11.8 Å². The Morgan fingerprint density at radius 2 is 2.04 bits per heavy atom. The molecule has 3 rings (SSSR count). The van der Waals surface area contributed by atoms with Gasteiger partial charge in [-0.3, -0.25) is 9.48 Å². The number of rotatable bonds is 6. The van der Waals surface area contributed by atoms with Crippen molar-refractivity contribution in [3.8, 4) is 16.9 Å². The zero-order valence-corrected chi connectivity index (χ0v) is 15.1. The van der Waals surface area contributed by atoms with Crippen LogP contribution in [0.1, 0.15) is 39.0 Å². The van der Waals surface area contributed by atoms with Crippen LogP contribution in [0.15, 0.2) is 36.7 Å². The minimum Gasteiger partial charge on any atom is -0.494 e. The third-order valence-electron chi connectivity index (χ3n) is 4.82. The third-order valence-corrected chi connectivity index (χ3v) is 4.82. The second kappa shape index (κ2) is 8.19. The number of aryl methyl sites for hydroxylation is 1. The molecule has 25 heavy (non-hydrogen) atoms. The van der Waals surface area contributed by atoms with Crippen molar-refractivity contribution < 1.29 is 9.53 Å². The number of benzene rings is 1. The van der Waals surface area contributed by atoms with Gasteiger partial charge in [-0.2, -0.15) is 5.10 Å². The van der Waals surface area contributed by atoms with Gasteiger partial charge in [0.05, 0.1) is 12.8 Å². The monoisotopic (exact) mass is 341 g/mol. The lowest BCUT2D eigenvalue weighted by Gasteiger charge is -2.33. The Bertz CT molecular complexity index is 693. The standard InChI is InChI=1S/C20H27N3O2/c1-16-6-3-4-12-23(16)20(24)7-5-13-25-19-10-8-17(9-11-19)18-14-21-22(2)15-18/h8-11,14-16H,3-7,12-13H2,1-2H3. The molecule has 0 radical (unpaired) electrons. The molecular formula is C20H27N3O2. The Labute approximate surface area is 149 Å². The van der Waals surface area contributed by atoms with Crippen molar-refractivity contribution in [3.63, 3.8) is 0 Å². The van der Waals surface area contributed by atoms with Crippen molar-refractivity contribution >= 4 is 5.91 Å². The minimum atomic E-state index is 0.266. The molecule has 2 aromatic rings. The van der Waals surface area contributed by atoms with Gasteiger partial charge in [0.25, 0.3) is 0 Å². The second-order valence-corrected chi connectivity index (χ2v) is 6.81. The summed E-state index contributed by atoms with van der Waals surface area (Å²) in [7, 11) is 1.91. The van der Waals surface area contributed by atoms with Gasteiger partial charge in [-0.1, -0.05) is 12.1 Å². The largest absolute Gasteiger partial charge is 0.494 e. The fourth-order valence-electron chi connectivity index (χ4n) is 3.34. The molecule has 1 aromatic heterocycles. The summed E-state index contributed by atoms with van der Waals surface area (Å²) in [5, 5.41) is 4.19. The van der Waals surface area contributed by atoms with E-state index in [4.69, 9.17) is 4.74 Å². The van der Waals surface area contributed by atoms with E-state index in [1.807, 2.05) is 48.6 Å². The van der Waals surface area contributed by atoms with Gasteiger partial charge in [-0.15, -0.1) is 0 Å². The van der Waals surface area contributed by atoms with Crippen LogP contribution < -0.4 is 4.74 Å². The summed E-state index contributed by atoms with van der Waals surface area (Å²) in [4.78, 5) is 14.3. The molecule has 1 atom stereocenters. The Balaban J connectivity index is 1.42. The maximum Gasteiger partial charge on any atom is 0.222 e. The highest BCUT2D eigenvalue weighted by Crippen LogP contribution is 2.22. The number of carbonyl (C=O) groups is 1. The lowest BCUT2D eigenvalue weighted by atomic mass is 10.0. The van der Waals surface area contributed by atoms with E-state index in [2.05, 4.69) is 12.0 Å². The SMILES string of the molecule is CC1CCCCN1C(=O)CCCOc1ccc(-c2cnn(C)c2)cc1. The summed E-state index contributed by atoms with van der Waals surface area (Å²) in [5.41, 5.74) is 2.21. The highest BCUT2D eigenvalue weighted by molar-refractivity contribution is 5.76. The molecule has 0 saturated carbocycles. The van der Waals surface area contributed by atoms with E-state index in [0.717, 1.165) is 42.7 Å². The van der Waals surface area contributed by atoms with Crippen LogP contribution in [-0.4, -0.2) is 39.8 Å². The van der Waals surface area contributed by atoms with Gasteiger partial charge < -0.3 is 9.64 Å². The number of hydrogen-bond acceptors (Lipinski definition) is 3. The van der Waals surface area contributed by atoms with Crippen molar-refractivity contribution in [3.05, 3.63) is 36.7 Å². The molecule has 1 amide bonds. The van der Waals surface area contributed by atoms with Crippen LogP contribution in [0.5, 0.6) is 5.75 Å². The predicted octanol–water partition coefficient (Wildman–Crippen LogP) is 3.65. The van der Waals surface area contributed by atoms with Crippen molar-refractivity contribution in [2.75, 3.05) is 13.2 Å². The van der Waals surface area contributed by atoms with Crippen LogP contribution in [0.4, 0.5) is 0 Å². The summed E-state index contributed by atoms with van der Waals surface area (Å²) in [5.74, 6) is 1.11. The van der Waals surface area contributed by atoms with E-state index in [1.54, 1.807) is 4.68 Å². The number of ether oxygens (including phenoxy) is 1. The van der Waals surface area contributed by atoms with E-state index in [9.17, 15) is 4.79 Å². The van der Waals surface area contributed by atoms with Crippen LogP contribution in [0, 0.1) is 0 Å². The van der Waals surface area contributed by atoms with E-state index in [1.165, 1.54) is 6.42 Å². The molecule has 1 saturated heterocycles. The molecule has 5 nitrogen and oxygen atoms in total. The van der Waals surface area contributed by atoms with Gasteiger partial charge in [0, 0.05) is 37.8 Å². The van der Waals surface area contributed by atoms with E-state index >= 15 is 0 Å². The topological polar surface area (TPSA) is 47.4 Å². The molecule has 134 valence electrons. The first-order chi connectivity index (χ1) is 12.1. The number of nitrogens with zero attached hydrogens (tertiary/aromatic N) is 3. The average molecular weight is 341 g/mol. The van der Waals surface area contributed by atoms with Gasteiger partial charge in [0.1, 0.15) is 5.75 Å². The maximum atomic E-state index is 12.3. The molecule has 1 aliphatic heterocycles. The fourth-order valence-corrected chi connectivity index (χ4v) is 3.34. The summed E-state index contributed by atoms with van der Waals surface area (Å²) in [6.45, 7) is 3.63. The lowest BCUT2D eigenvalue weighted by Crippen LogP contribution is -2.42. The van der Waals surface area contributed by atoms with E-state index in [0.29, 0.717) is 19.1 Å². The van der Waals surface area contributed by atoms with Gasteiger partial charge in [0.2, 0.25) is 5.91 Å². The number of aromatic nitrogens is 2. The van der Waals surface area contributed by atoms with E-state index < -0.39 is 0 Å². The van der Waals surface area contributed by atoms with Crippen LogP contribution in [0.3, 0.4) is 0 Å². The zero-order valence-electron chi connectivity index (χ0n) is 15.1. The lowest BCUT2D eigenvalue weighted by molar-refractivity contribution is -0.134. The number of carbonyl (C=O) groups excluding carboxylic acids is 1. The van der Waals surface area contributed by atoms with Crippen LogP contribution in [0.25, 0.3) is 11.1 Å². The highest BCUT2D eigenvalue weighted by Gasteiger charge is 2.22. The molecule has 0 N–H and O–H groups in total. The first kappa shape index (κ1) is 17.5. The molecular weight excluding hydrogens is 314 g/mol. The first-order valence-electron chi connectivity index (χ1n) is 9.15. The van der Waals surface area contributed by atoms with Gasteiger partial charge in [-0.25, -0.2) is 0 Å². The molecule has 1 aromatic carbocycles. The second-order valence-electron chi connectivity index (χ2n) is 6.81. The number of piperidine rings is 1. The molecule has 2 heterocycles. The Hall–Kier alpha value is -2.30. The predicted molar refractivity (Wildman–Crippen MR) is 98.4 cm³/mol. The van der Waals surface area contributed by atoms with Crippen molar-refractivity contribution in [1.29, 1.82) is 0 Å². The van der Waals surface area contributed by atoms with E-state index in [-0.39, 0.29) is 5.91 Å². The highest BCUT2D eigenvalue weighted by atomic mass is 16.5. The number of amides is 1. The maximum absolute atomic E-state index is 12.3. The normalized spacial score (nSPS) is 17.5. The van der Waals surface area contributed by atoms with Crippen LogP contribution >= 0.6 is 0 Å². The van der Waals surface area contributed by atoms with Gasteiger partial charge in [-0.05, 0) is 50.3 Å². The molecule has 0 bridgehead atoms.